The van der Waals surface area contributed by atoms with Gasteiger partial charge in [0.15, 0.2) is 5.96 Å². The van der Waals surface area contributed by atoms with E-state index in [0.717, 1.165) is 64.4 Å². The third-order valence-corrected chi connectivity index (χ3v) is 6.16. The van der Waals surface area contributed by atoms with Crippen LogP contribution in [0.2, 0.25) is 0 Å². The van der Waals surface area contributed by atoms with Crippen LogP contribution < -0.4 is 11.1 Å². The van der Waals surface area contributed by atoms with Crippen LogP contribution in [0.15, 0.2) is 29.3 Å². The Bertz CT molecular complexity index is 696. The van der Waals surface area contributed by atoms with Crippen molar-refractivity contribution in [2.24, 2.45) is 16.6 Å². The molecule has 0 saturated carbocycles. The van der Waals surface area contributed by atoms with Crippen LogP contribution in [0.25, 0.3) is 0 Å². The number of hydrogen-bond acceptors (Lipinski definition) is 3. The molecule has 2 aliphatic rings. The molecule has 3 N–H and O–H groups in total. The number of primary amides is 1. The molecule has 29 heavy (non-hydrogen) atoms. The second kappa shape index (κ2) is 11.7. The van der Waals surface area contributed by atoms with Gasteiger partial charge in [-0.05, 0) is 42.7 Å². The molecular weight excluding hydrogens is 477 g/mol. The number of guanidine groups is 1. The summed E-state index contributed by atoms with van der Waals surface area (Å²) in [7, 11) is 1.85. The number of nitrogens with two attached hydrogens (primary N) is 1. The second-order valence-corrected chi connectivity index (χ2v) is 8.10. The average Bonchev–Trinajstić information content (AvgIpc) is 2.71. The Morgan fingerprint density at radius 2 is 2.07 bits per heavy atom. The number of hydrogen-bond donors (Lipinski definition) is 2. The third-order valence-electron chi connectivity index (χ3n) is 6.16. The van der Waals surface area contributed by atoms with Gasteiger partial charge in [0, 0.05) is 52.2 Å². The summed E-state index contributed by atoms with van der Waals surface area (Å²) in [6.45, 7) is 7.14. The first kappa shape index (κ1) is 23.9. The van der Waals surface area contributed by atoms with Crippen LogP contribution in [0.3, 0.4) is 0 Å². The molecule has 2 aliphatic heterocycles. The minimum atomic E-state index is -0.203. The fourth-order valence-electron chi connectivity index (χ4n) is 4.61. The number of likely N-dealkylation sites (tertiary alicyclic amines) is 1. The van der Waals surface area contributed by atoms with E-state index in [9.17, 15) is 4.79 Å². The Labute approximate surface area is 192 Å². The van der Waals surface area contributed by atoms with Gasteiger partial charge in [-0.25, -0.2) is 0 Å². The molecular formula is C22H36IN5O. The number of aliphatic imine (C=N–C) groups is 1. The number of halogens is 1. The molecule has 6 nitrogen and oxygen atoms in total. The zero-order valence-electron chi connectivity index (χ0n) is 17.8. The van der Waals surface area contributed by atoms with E-state index in [4.69, 9.17) is 5.73 Å². The minimum Gasteiger partial charge on any atom is -0.370 e. The first-order chi connectivity index (χ1) is 13.6. The normalized spacial score (nSPS) is 21.1. The van der Waals surface area contributed by atoms with Crippen LogP contribution in [-0.2, 0) is 17.8 Å². The number of nitrogens with one attached hydrogen (secondary N) is 1. The zero-order chi connectivity index (χ0) is 19.9. The largest absolute Gasteiger partial charge is 0.370 e. The molecule has 1 fully saturated rings. The molecule has 0 radical (unpaired) electrons. The number of piperidine rings is 1. The van der Waals surface area contributed by atoms with Crippen LogP contribution in [-0.4, -0.2) is 60.9 Å². The lowest BCUT2D eigenvalue weighted by molar-refractivity contribution is -0.119. The number of amides is 1. The van der Waals surface area contributed by atoms with Crippen LogP contribution in [0.4, 0.5) is 0 Å². The van der Waals surface area contributed by atoms with Gasteiger partial charge in [-0.2, -0.15) is 0 Å². The third kappa shape index (κ3) is 6.57. The summed E-state index contributed by atoms with van der Waals surface area (Å²) in [5.41, 5.74) is 8.35. The topological polar surface area (TPSA) is 74.0 Å². The number of carbonyl (C=O) groups is 1. The highest BCUT2D eigenvalue weighted by Crippen LogP contribution is 2.22. The van der Waals surface area contributed by atoms with Crippen molar-refractivity contribution in [3.63, 3.8) is 0 Å². The average molecular weight is 513 g/mol. The van der Waals surface area contributed by atoms with Crippen molar-refractivity contribution in [1.29, 1.82) is 0 Å². The van der Waals surface area contributed by atoms with Crippen LogP contribution in [0, 0.1) is 5.92 Å². The van der Waals surface area contributed by atoms with Gasteiger partial charge >= 0.3 is 0 Å². The van der Waals surface area contributed by atoms with Gasteiger partial charge in [0.1, 0.15) is 0 Å². The second-order valence-electron chi connectivity index (χ2n) is 8.10. The number of fused-ring (bicyclic) bond motifs is 1. The molecule has 7 heteroatoms. The molecule has 2 atom stereocenters. The van der Waals surface area contributed by atoms with Gasteiger partial charge in [-0.1, -0.05) is 31.2 Å². The van der Waals surface area contributed by atoms with Crippen LogP contribution >= 0.6 is 24.0 Å². The zero-order valence-corrected chi connectivity index (χ0v) is 20.1. The van der Waals surface area contributed by atoms with Crippen molar-refractivity contribution in [3.8, 4) is 0 Å². The van der Waals surface area contributed by atoms with Gasteiger partial charge < -0.3 is 16.0 Å². The molecule has 2 heterocycles. The van der Waals surface area contributed by atoms with E-state index in [2.05, 4.69) is 51.3 Å². The van der Waals surface area contributed by atoms with Gasteiger partial charge in [0.2, 0.25) is 5.91 Å². The van der Waals surface area contributed by atoms with Gasteiger partial charge in [0.05, 0.1) is 0 Å². The molecule has 2 unspecified atom stereocenters. The lowest BCUT2D eigenvalue weighted by atomic mass is 9.95. The van der Waals surface area contributed by atoms with E-state index in [-0.39, 0.29) is 29.9 Å². The Balaban J connectivity index is 0.00000300. The molecule has 0 aliphatic carbocycles. The van der Waals surface area contributed by atoms with Crippen molar-refractivity contribution in [2.45, 2.75) is 51.6 Å². The first-order valence-corrected chi connectivity index (χ1v) is 10.7. The fourth-order valence-corrected chi connectivity index (χ4v) is 4.61. The van der Waals surface area contributed by atoms with E-state index < -0.39 is 0 Å². The predicted molar refractivity (Wildman–Crippen MR) is 130 cm³/mol. The van der Waals surface area contributed by atoms with Crippen molar-refractivity contribution in [2.75, 3.05) is 33.2 Å². The molecule has 1 aromatic rings. The van der Waals surface area contributed by atoms with Gasteiger partial charge in [0.25, 0.3) is 0 Å². The highest BCUT2D eigenvalue weighted by molar-refractivity contribution is 14.0. The Morgan fingerprint density at radius 1 is 1.31 bits per heavy atom. The molecule has 0 aromatic heterocycles. The van der Waals surface area contributed by atoms with Gasteiger partial charge in [-0.15, -0.1) is 24.0 Å². The Morgan fingerprint density at radius 3 is 2.76 bits per heavy atom. The standard InChI is InChI=1S/C22H35N5O.HI/c1-3-20(26-12-10-18-8-4-5-9-19(18)16-26)14-25-22(24-2)27-11-6-7-17(15-27)13-21(23)28;/h4-5,8-9,17,20H,3,6-7,10-16H2,1-2H3,(H2,23,28)(H,24,25);1H. The summed E-state index contributed by atoms with van der Waals surface area (Å²) in [6.07, 6.45) is 4.86. The first-order valence-electron chi connectivity index (χ1n) is 10.7. The minimum absolute atomic E-state index is 0. The monoisotopic (exact) mass is 513 g/mol. The summed E-state index contributed by atoms with van der Waals surface area (Å²) in [4.78, 5) is 20.7. The molecule has 1 amide bonds. The maximum absolute atomic E-state index is 11.3. The lowest BCUT2D eigenvalue weighted by Gasteiger charge is -2.38. The summed E-state index contributed by atoms with van der Waals surface area (Å²) in [5, 5.41) is 3.60. The molecule has 1 aromatic carbocycles. The molecule has 3 rings (SSSR count). The quantitative estimate of drug-likeness (QED) is 0.349. The van der Waals surface area contributed by atoms with Crippen LogP contribution in [0.5, 0.6) is 0 Å². The predicted octanol–water partition coefficient (Wildman–Crippen LogP) is 2.60. The van der Waals surface area contributed by atoms with Crippen molar-refractivity contribution >= 4 is 35.8 Å². The molecule has 1 saturated heterocycles. The van der Waals surface area contributed by atoms with Crippen molar-refractivity contribution < 1.29 is 4.79 Å². The molecule has 0 spiro atoms. The SMILES string of the molecule is CCC(CNC(=NC)N1CCCC(CC(N)=O)C1)N1CCc2ccccc2C1.I. The highest BCUT2D eigenvalue weighted by atomic mass is 127. The lowest BCUT2D eigenvalue weighted by Crippen LogP contribution is -2.51. The Kier molecular flexibility index (Phi) is 9.68. The summed E-state index contributed by atoms with van der Waals surface area (Å²) < 4.78 is 0. The molecule has 162 valence electrons. The number of rotatable bonds is 6. The fraction of sp³-hybridized carbons (Fsp3) is 0.636. The van der Waals surface area contributed by atoms with Crippen LogP contribution in [0.1, 0.15) is 43.7 Å². The maximum Gasteiger partial charge on any atom is 0.217 e. The summed E-state index contributed by atoms with van der Waals surface area (Å²) in [5.74, 6) is 1.08. The van der Waals surface area contributed by atoms with E-state index in [0.29, 0.717) is 18.4 Å². The van der Waals surface area contributed by atoms with Crippen molar-refractivity contribution in [1.82, 2.24) is 15.1 Å². The number of nitrogens with zero attached hydrogens (tertiary/aromatic N) is 3. The van der Waals surface area contributed by atoms with Gasteiger partial charge in [-0.3, -0.25) is 14.7 Å². The summed E-state index contributed by atoms with van der Waals surface area (Å²) in [6, 6.07) is 9.28. The number of benzene rings is 1. The van der Waals surface area contributed by atoms with E-state index in [1.54, 1.807) is 0 Å². The highest BCUT2D eigenvalue weighted by Gasteiger charge is 2.26. The number of carbonyl (C=O) groups excluding carboxylic acids is 1. The Hall–Kier alpha value is -1.35. The van der Waals surface area contributed by atoms with E-state index in [1.807, 2.05) is 7.05 Å². The smallest absolute Gasteiger partial charge is 0.217 e. The maximum atomic E-state index is 11.3. The summed E-state index contributed by atoms with van der Waals surface area (Å²) >= 11 is 0. The van der Waals surface area contributed by atoms with E-state index in [1.165, 1.54) is 11.1 Å². The van der Waals surface area contributed by atoms with E-state index >= 15 is 0 Å². The van der Waals surface area contributed by atoms with Crippen molar-refractivity contribution in [3.05, 3.63) is 35.4 Å². The molecule has 0 bridgehead atoms.